The predicted molar refractivity (Wildman–Crippen MR) is 63.3 cm³/mol. The van der Waals surface area contributed by atoms with Crippen LogP contribution in [0.1, 0.15) is 27.2 Å². The second-order valence-electron chi connectivity index (χ2n) is 5.34. The number of carbonyl (C=O) groups excluding carboxylic acids is 1. The Morgan fingerprint density at radius 3 is 2.62 bits per heavy atom. The molecule has 2 aliphatic rings. The average molecular weight is 223 g/mol. The molecule has 0 aromatic carbocycles. The highest BCUT2D eigenvalue weighted by Crippen LogP contribution is 2.35. The number of hydrogen-bond donors (Lipinski definition) is 0. The minimum Gasteiger partial charge on any atom is -0.379 e. The van der Waals surface area contributed by atoms with Gasteiger partial charge in [-0.15, -0.1) is 0 Å². The Balaban J connectivity index is 2.18. The molecule has 3 nitrogen and oxygen atoms in total. The molecule has 1 aliphatic heterocycles. The minimum absolute atomic E-state index is 0.254. The highest BCUT2D eigenvalue weighted by atomic mass is 16.5. The molecule has 0 aromatic rings. The summed E-state index contributed by atoms with van der Waals surface area (Å²) in [6.45, 7) is 9.58. The van der Waals surface area contributed by atoms with Crippen LogP contribution in [0.15, 0.2) is 11.6 Å². The summed E-state index contributed by atoms with van der Waals surface area (Å²) in [5.74, 6) is 0.301. The first kappa shape index (κ1) is 11.8. The standard InChI is InChI=1S/C13H21NO2/c1-10-4-5-11(13(2,3)12(10)15)14-6-8-16-9-7-14/h4,11H,5-9H2,1-3H3. The van der Waals surface area contributed by atoms with Crippen LogP contribution in [0, 0.1) is 5.41 Å². The highest BCUT2D eigenvalue weighted by Gasteiger charge is 2.42. The van der Waals surface area contributed by atoms with Crippen molar-refractivity contribution in [1.82, 2.24) is 4.90 Å². The molecule has 1 unspecified atom stereocenters. The van der Waals surface area contributed by atoms with Crippen molar-refractivity contribution in [3.05, 3.63) is 11.6 Å². The molecule has 0 N–H and O–H groups in total. The molecule has 2 rings (SSSR count). The molecule has 0 spiro atoms. The summed E-state index contributed by atoms with van der Waals surface area (Å²) >= 11 is 0. The number of allylic oxidation sites excluding steroid dienone is 1. The predicted octanol–water partition coefficient (Wildman–Crippen LogP) is 1.63. The number of Topliss-reactive ketones (excluding diaryl/α,β-unsaturated/α-hetero) is 1. The van der Waals surface area contributed by atoms with Crippen molar-refractivity contribution in [1.29, 1.82) is 0 Å². The number of ether oxygens (including phenoxy) is 1. The van der Waals surface area contributed by atoms with E-state index in [0.29, 0.717) is 11.8 Å². The average Bonchev–Trinajstić information content (AvgIpc) is 2.27. The summed E-state index contributed by atoms with van der Waals surface area (Å²) in [6, 6.07) is 0.340. The van der Waals surface area contributed by atoms with E-state index in [1.54, 1.807) is 0 Å². The maximum Gasteiger partial charge on any atom is 0.165 e. The Bertz CT molecular complexity index is 314. The van der Waals surface area contributed by atoms with Gasteiger partial charge in [0.2, 0.25) is 0 Å². The van der Waals surface area contributed by atoms with Crippen LogP contribution in [0.5, 0.6) is 0 Å². The maximum atomic E-state index is 12.2. The van der Waals surface area contributed by atoms with Gasteiger partial charge in [-0.25, -0.2) is 0 Å². The lowest BCUT2D eigenvalue weighted by Gasteiger charge is -2.44. The largest absolute Gasteiger partial charge is 0.379 e. The van der Waals surface area contributed by atoms with Gasteiger partial charge in [0.1, 0.15) is 0 Å². The molecule has 1 heterocycles. The fraction of sp³-hybridized carbons (Fsp3) is 0.769. The van der Waals surface area contributed by atoms with Crippen LogP contribution >= 0.6 is 0 Å². The number of carbonyl (C=O) groups is 1. The molecule has 0 aromatic heterocycles. The van der Waals surface area contributed by atoms with Crippen LogP contribution in [0.3, 0.4) is 0 Å². The Labute approximate surface area is 97.5 Å². The number of morpholine rings is 1. The fourth-order valence-electron chi connectivity index (χ4n) is 2.83. The van der Waals surface area contributed by atoms with E-state index >= 15 is 0 Å². The van der Waals surface area contributed by atoms with Crippen LogP contribution in [0.25, 0.3) is 0 Å². The third-order valence-corrected chi connectivity index (χ3v) is 3.91. The summed E-state index contributed by atoms with van der Waals surface area (Å²) in [6.07, 6.45) is 3.08. The van der Waals surface area contributed by atoms with Crippen molar-refractivity contribution < 1.29 is 9.53 Å². The third kappa shape index (κ3) is 1.94. The maximum absolute atomic E-state index is 12.2. The number of ketones is 1. The van der Waals surface area contributed by atoms with E-state index in [9.17, 15) is 4.79 Å². The van der Waals surface area contributed by atoms with E-state index in [2.05, 4.69) is 24.8 Å². The third-order valence-electron chi connectivity index (χ3n) is 3.91. The van der Waals surface area contributed by atoms with Gasteiger partial charge in [-0.1, -0.05) is 19.9 Å². The summed E-state index contributed by atoms with van der Waals surface area (Å²) in [5, 5.41) is 0. The van der Waals surface area contributed by atoms with Crippen LogP contribution < -0.4 is 0 Å². The van der Waals surface area contributed by atoms with Crippen LogP contribution in [0.4, 0.5) is 0 Å². The molecule has 3 heteroatoms. The van der Waals surface area contributed by atoms with Gasteiger partial charge in [-0.2, -0.15) is 0 Å². The van der Waals surface area contributed by atoms with Gasteiger partial charge in [0.25, 0.3) is 0 Å². The Hall–Kier alpha value is -0.670. The molecule has 1 aliphatic carbocycles. The van der Waals surface area contributed by atoms with E-state index in [1.165, 1.54) is 0 Å². The minimum atomic E-state index is -0.254. The van der Waals surface area contributed by atoms with Crippen LogP contribution in [-0.4, -0.2) is 43.0 Å². The second-order valence-corrected chi connectivity index (χ2v) is 5.34. The first-order chi connectivity index (χ1) is 7.53. The van der Waals surface area contributed by atoms with Crippen molar-refractivity contribution in [2.45, 2.75) is 33.2 Å². The molecule has 0 saturated carbocycles. The van der Waals surface area contributed by atoms with E-state index in [0.717, 1.165) is 38.3 Å². The molecule has 0 radical (unpaired) electrons. The molecule has 1 saturated heterocycles. The van der Waals surface area contributed by atoms with Gasteiger partial charge in [0.05, 0.1) is 13.2 Å². The van der Waals surface area contributed by atoms with E-state index in [4.69, 9.17) is 4.74 Å². The lowest BCUT2D eigenvalue weighted by molar-refractivity contribution is -0.129. The molecule has 90 valence electrons. The molecule has 0 amide bonds. The molecule has 0 bridgehead atoms. The molecular formula is C13H21NO2. The quantitative estimate of drug-likeness (QED) is 0.676. The van der Waals surface area contributed by atoms with Crippen molar-refractivity contribution in [2.75, 3.05) is 26.3 Å². The van der Waals surface area contributed by atoms with Gasteiger partial charge in [0.15, 0.2) is 5.78 Å². The molecule has 1 fully saturated rings. The zero-order valence-corrected chi connectivity index (χ0v) is 10.5. The summed E-state index contributed by atoms with van der Waals surface area (Å²) in [4.78, 5) is 14.6. The smallest absolute Gasteiger partial charge is 0.165 e. The van der Waals surface area contributed by atoms with Crippen LogP contribution in [-0.2, 0) is 9.53 Å². The number of rotatable bonds is 1. The fourth-order valence-corrected chi connectivity index (χ4v) is 2.83. The topological polar surface area (TPSA) is 29.5 Å². The lowest BCUT2D eigenvalue weighted by atomic mass is 9.72. The van der Waals surface area contributed by atoms with Crippen molar-refractivity contribution >= 4 is 5.78 Å². The Kier molecular flexibility index (Phi) is 3.17. The van der Waals surface area contributed by atoms with Gasteiger partial charge in [-0.3, -0.25) is 9.69 Å². The Morgan fingerprint density at radius 2 is 2.00 bits per heavy atom. The summed E-state index contributed by atoms with van der Waals surface area (Å²) in [7, 11) is 0. The van der Waals surface area contributed by atoms with Gasteiger partial charge in [-0.05, 0) is 18.9 Å². The highest BCUT2D eigenvalue weighted by molar-refractivity contribution is 6.00. The second kappa shape index (κ2) is 4.30. The lowest BCUT2D eigenvalue weighted by Crippen LogP contribution is -2.54. The van der Waals surface area contributed by atoms with Gasteiger partial charge in [0, 0.05) is 24.5 Å². The van der Waals surface area contributed by atoms with Crippen molar-refractivity contribution in [3.8, 4) is 0 Å². The van der Waals surface area contributed by atoms with E-state index in [1.807, 2.05) is 6.92 Å². The Morgan fingerprint density at radius 1 is 1.38 bits per heavy atom. The first-order valence-electron chi connectivity index (χ1n) is 6.07. The van der Waals surface area contributed by atoms with Gasteiger partial charge >= 0.3 is 0 Å². The molecule has 1 atom stereocenters. The van der Waals surface area contributed by atoms with Crippen molar-refractivity contribution in [2.24, 2.45) is 5.41 Å². The van der Waals surface area contributed by atoms with Crippen LogP contribution in [0.2, 0.25) is 0 Å². The van der Waals surface area contributed by atoms with Crippen molar-refractivity contribution in [3.63, 3.8) is 0 Å². The number of nitrogens with zero attached hydrogens (tertiary/aromatic N) is 1. The SMILES string of the molecule is CC1=CCC(N2CCOCC2)C(C)(C)C1=O. The number of hydrogen-bond acceptors (Lipinski definition) is 3. The summed E-state index contributed by atoms with van der Waals surface area (Å²) < 4.78 is 5.36. The van der Waals surface area contributed by atoms with E-state index in [-0.39, 0.29) is 5.41 Å². The first-order valence-corrected chi connectivity index (χ1v) is 6.07. The molecule has 16 heavy (non-hydrogen) atoms. The zero-order valence-electron chi connectivity index (χ0n) is 10.5. The normalized spacial score (nSPS) is 31.3. The van der Waals surface area contributed by atoms with E-state index < -0.39 is 0 Å². The monoisotopic (exact) mass is 223 g/mol. The molecular weight excluding hydrogens is 202 g/mol. The van der Waals surface area contributed by atoms with Gasteiger partial charge < -0.3 is 4.74 Å². The summed E-state index contributed by atoms with van der Waals surface area (Å²) in [5.41, 5.74) is 0.672. The zero-order chi connectivity index (χ0) is 11.8.